The minimum atomic E-state index is -1.39. The fourth-order valence-corrected chi connectivity index (χ4v) is 12.7. The number of hydrogen-bond donors (Lipinski definition) is 3. The van der Waals surface area contributed by atoms with E-state index in [9.17, 15) is 19.8 Å². The first-order chi connectivity index (χ1) is 28.9. The molecule has 1 spiro atoms. The summed E-state index contributed by atoms with van der Waals surface area (Å²) >= 11 is 0. The van der Waals surface area contributed by atoms with Gasteiger partial charge in [-0.1, -0.05) is 13.2 Å². The largest absolute Gasteiger partial charge is 0.395 e. The molecule has 11 fully saturated rings. The van der Waals surface area contributed by atoms with Gasteiger partial charge in [0.05, 0.1) is 85.3 Å². The number of methoxy groups -OCH3 is 2. The second-order valence-electron chi connectivity index (χ2n) is 20.2. The number of ether oxygens (including phenoxy) is 9. The molecular weight excluding hydrogens is 774 g/mol. The normalized spacial score (nSPS) is 48.7. The topological polar surface area (TPSA) is 170 Å². The van der Waals surface area contributed by atoms with Crippen LogP contribution in [-0.4, -0.2) is 146 Å². The van der Waals surface area contributed by atoms with Gasteiger partial charge in [-0.15, -0.1) is 0 Å². The monoisotopic (exact) mass is 841 g/mol. The Morgan fingerprint density at radius 3 is 2.40 bits per heavy atom. The zero-order chi connectivity index (χ0) is 41.6. The van der Waals surface area contributed by atoms with Crippen LogP contribution >= 0.6 is 0 Å². The molecule has 11 rings (SSSR count). The van der Waals surface area contributed by atoms with Crippen LogP contribution in [0.3, 0.4) is 0 Å². The second kappa shape index (κ2) is 16.3. The van der Waals surface area contributed by atoms with E-state index in [0.29, 0.717) is 51.4 Å². The number of nitrogens with one attached hydrogen (secondary N) is 1. The molecule has 0 radical (unpaired) electrons. The first kappa shape index (κ1) is 42.1. The lowest BCUT2D eigenvalue weighted by molar-refractivity contribution is -0.360. The van der Waals surface area contributed by atoms with Gasteiger partial charge in [0, 0.05) is 71.1 Å². The number of carbonyl (C=O) groups excluding carboxylic acids is 2. The predicted octanol–water partition coefficient (Wildman–Crippen LogP) is 3.76. The summed E-state index contributed by atoms with van der Waals surface area (Å²) in [7, 11) is 3.29. The molecule has 334 valence electrons. The van der Waals surface area contributed by atoms with Crippen molar-refractivity contribution in [3.05, 3.63) is 24.3 Å². The van der Waals surface area contributed by atoms with Gasteiger partial charge in [0.2, 0.25) is 5.91 Å². The quantitative estimate of drug-likeness (QED) is 0.303. The number of rotatable bonds is 8. The third-order valence-corrected chi connectivity index (χ3v) is 16.4. The van der Waals surface area contributed by atoms with Gasteiger partial charge < -0.3 is 58.2 Å². The highest BCUT2D eigenvalue weighted by molar-refractivity contribution is 5.85. The summed E-state index contributed by atoms with van der Waals surface area (Å²) in [6.45, 7) is 8.94. The maximum Gasteiger partial charge on any atom is 0.228 e. The molecule has 9 saturated heterocycles. The maximum absolute atomic E-state index is 14.3. The van der Waals surface area contributed by atoms with E-state index >= 15 is 0 Å². The zero-order valence-electron chi connectivity index (χ0n) is 35.5. The number of ketones is 1. The van der Waals surface area contributed by atoms with E-state index in [1.165, 1.54) is 0 Å². The van der Waals surface area contributed by atoms with Crippen LogP contribution in [0.15, 0.2) is 24.3 Å². The Balaban J connectivity index is 0.896. The Kier molecular flexibility index (Phi) is 11.5. The average molecular weight is 842 g/mol. The summed E-state index contributed by atoms with van der Waals surface area (Å²) < 4.78 is 59.6. The molecule has 1 amide bonds. The molecule has 0 aromatic heterocycles. The van der Waals surface area contributed by atoms with Gasteiger partial charge in [-0.25, -0.2) is 0 Å². The highest BCUT2D eigenvalue weighted by Crippen LogP contribution is 2.64. The Morgan fingerprint density at radius 1 is 0.817 bits per heavy atom. The van der Waals surface area contributed by atoms with Gasteiger partial charge in [-0.05, 0) is 81.8 Å². The smallest absolute Gasteiger partial charge is 0.228 e. The van der Waals surface area contributed by atoms with Gasteiger partial charge in [-0.3, -0.25) is 9.59 Å². The van der Waals surface area contributed by atoms with Crippen LogP contribution in [-0.2, 0) is 52.2 Å². The fourth-order valence-electron chi connectivity index (χ4n) is 12.7. The van der Waals surface area contributed by atoms with Gasteiger partial charge in [0.25, 0.3) is 0 Å². The van der Waals surface area contributed by atoms with Crippen LogP contribution in [0.5, 0.6) is 0 Å². The number of carbonyl (C=O) groups is 2. The van der Waals surface area contributed by atoms with Crippen LogP contribution in [0, 0.1) is 17.3 Å². The van der Waals surface area contributed by atoms with Crippen molar-refractivity contribution in [3.8, 4) is 0 Å². The van der Waals surface area contributed by atoms with Crippen LogP contribution in [0.2, 0.25) is 0 Å². The lowest BCUT2D eigenvalue weighted by Crippen LogP contribution is -2.74. The Labute approximate surface area is 353 Å². The van der Waals surface area contributed by atoms with Crippen molar-refractivity contribution < 1.29 is 62.4 Å². The molecule has 9 aliphatic heterocycles. The molecular formula is C46H67NO13. The van der Waals surface area contributed by atoms with E-state index in [1.54, 1.807) is 14.2 Å². The fraction of sp³-hybridized carbons (Fsp3) is 0.870. The predicted molar refractivity (Wildman–Crippen MR) is 214 cm³/mol. The van der Waals surface area contributed by atoms with Gasteiger partial charge >= 0.3 is 0 Å². The van der Waals surface area contributed by atoms with E-state index < -0.39 is 41.2 Å². The molecule has 9 heterocycles. The average Bonchev–Trinajstić information content (AvgIpc) is 3.59. The molecule has 2 aliphatic carbocycles. The van der Waals surface area contributed by atoms with Crippen molar-refractivity contribution in [3.63, 3.8) is 0 Å². The number of Topliss-reactive ketones (excluding diaryl/α,β-unsaturated/α-hetero) is 1. The standard InChI is InChI=1S/C46H67NO13/c1-24-5-6-27-7-9-33-25(2)15-29(55-33)11-12-45(51)21-38-32-20-46(59-38)41(32)58-34-10-8-28(56-40(34)42(46)60-45)16-26(49)17-31-36(19-35(24)54-27)57-37(39(31)53-4)18-30(52-3)22-47-43(50)44(23-48)13-14-44/h27-42,48,51H,1-2,5-23H2,3-4H3,(H,47,50)/t27-,28-,29+,30+,31+,32+,33+,34+,35-,36+,37-,38-,39-,40+,41?,42+,45+,46+/m1/s1. The van der Waals surface area contributed by atoms with E-state index in [2.05, 4.69) is 18.5 Å². The van der Waals surface area contributed by atoms with Crippen molar-refractivity contribution in [2.45, 2.75) is 206 Å². The van der Waals surface area contributed by atoms with Gasteiger partial charge in [-0.2, -0.15) is 0 Å². The summed E-state index contributed by atoms with van der Waals surface area (Å²) in [6, 6.07) is 0. The van der Waals surface area contributed by atoms with Crippen LogP contribution in [0.25, 0.3) is 0 Å². The zero-order valence-corrected chi connectivity index (χ0v) is 35.5. The number of amides is 1. The molecule has 11 bridgehead atoms. The molecule has 0 aromatic carbocycles. The van der Waals surface area contributed by atoms with Crippen LogP contribution < -0.4 is 5.32 Å². The first-order valence-electron chi connectivity index (χ1n) is 23.1. The van der Waals surface area contributed by atoms with E-state index in [-0.39, 0.29) is 111 Å². The Hall–Kier alpha value is -1.82. The SMILES string of the molecule is C=C1C[C@@H]2CC[C@@]3(O)C[C@H]4O[C@@]56C[C@@H]4C5O[C@H]4CC[C@H](CC(=O)C[C@@H]5[C@@H](OC)[C@@H](C[C@@H](CNC(=O)C7(CO)CC7)OC)O[C@H]5C[C@H]5O[C@H](CCC5=C)CC[C@@H]1O2)O[C@@H]4[C@@H]6O3. The van der Waals surface area contributed by atoms with E-state index in [0.717, 1.165) is 56.1 Å². The van der Waals surface area contributed by atoms with Crippen LogP contribution in [0.1, 0.15) is 109 Å². The van der Waals surface area contributed by atoms with Crippen molar-refractivity contribution in [1.29, 1.82) is 0 Å². The van der Waals surface area contributed by atoms with Crippen LogP contribution in [0.4, 0.5) is 0 Å². The second-order valence-corrected chi connectivity index (χ2v) is 20.2. The summed E-state index contributed by atoms with van der Waals surface area (Å²) in [5.74, 6) is -1.52. The van der Waals surface area contributed by atoms with Crippen molar-refractivity contribution >= 4 is 11.7 Å². The molecule has 60 heavy (non-hydrogen) atoms. The van der Waals surface area contributed by atoms with Crippen molar-refractivity contribution in [2.75, 3.05) is 27.4 Å². The molecule has 18 atom stereocenters. The Morgan fingerprint density at radius 2 is 1.62 bits per heavy atom. The highest BCUT2D eigenvalue weighted by Gasteiger charge is 2.77. The lowest BCUT2D eigenvalue weighted by atomic mass is 9.61. The van der Waals surface area contributed by atoms with Crippen molar-refractivity contribution in [1.82, 2.24) is 5.32 Å². The minimum Gasteiger partial charge on any atom is -0.395 e. The summed E-state index contributed by atoms with van der Waals surface area (Å²) in [5.41, 5.74) is 0.783. The van der Waals surface area contributed by atoms with Gasteiger partial charge in [0.1, 0.15) is 23.6 Å². The van der Waals surface area contributed by atoms with Gasteiger partial charge in [0.15, 0.2) is 5.79 Å². The molecule has 14 nitrogen and oxygen atoms in total. The minimum absolute atomic E-state index is 0.0179. The molecule has 11 aliphatic rings. The van der Waals surface area contributed by atoms with E-state index in [1.807, 2.05) is 0 Å². The highest BCUT2D eigenvalue weighted by atomic mass is 16.7. The third-order valence-electron chi connectivity index (χ3n) is 16.4. The molecule has 2 saturated carbocycles. The third kappa shape index (κ3) is 7.58. The number of aliphatic hydroxyl groups excluding tert-OH is 1. The summed E-state index contributed by atoms with van der Waals surface area (Å²) in [4.78, 5) is 27.2. The molecule has 1 unspecified atom stereocenters. The number of aliphatic hydroxyl groups is 2. The summed E-state index contributed by atoms with van der Waals surface area (Å²) in [6.07, 6.45) is 6.97. The van der Waals surface area contributed by atoms with Crippen molar-refractivity contribution in [2.24, 2.45) is 17.3 Å². The molecule has 3 N–H and O–H groups in total. The molecule has 0 aromatic rings. The number of fused-ring (bicyclic) bond motifs is 7. The van der Waals surface area contributed by atoms with E-state index in [4.69, 9.17) is 42.6 Å². The lowest BCUT2D eigenvalue weighted by Gasteiger charge is -2.60. The molecule has 14 heteroatoms. The summed E-state index contributed by atoms with van der Waals surface area (Å²) in [5, 5.41) is 25.0. The number of hydrogen-bond acceptors (Lipinski definition) is 13. The Bertz CT molecular complexity index is 1670. The maximum atomic E-state index is 14.3. The first-order valence-corrected chi connectivity index (χ1v) is 23.1.